The first-order valence-corrected chi connectivity index (χ1v) is 8.95. The van der Waals surface area contributed by atoms with E-state index in [1.54, 1.807) is 14.2 Å². The molecule has 5 heteroatoms. The second kappa shape index (κ2) is 8.61. The Morgan fingerprint density at radius 1 is 0.923 bits per heavy atom. The summed E-state index contributed by atoms with van der Waals surface area (Å²) in [4.78, 5) is 14.7. The highest BCUT2D eigenvalue weighted by molar-refractivity contribution is 5.94. The van der Waals surface area contributed by atoms with Crippen molar-refractivity contribution in [3.63, 3.8) is 0 Å². The van der Waals surface area contributed by atoms with E-state index in [9.17, 15) is 4.79 Å². The van der Waals surface area contributed by atoms with Crippen molar-refractivity contribution in [2.75, 3.05) is 27.3 Å². The Morgan fingerprint density at radius 2 is 1.62 bits per heavy atom. The lowest BCUT2D eigenvalue weighted by atomic mass is 10.1. The van der Waals surface area contributed by atoms with Crippen LogP contribution in [0.15, 0.2) is 42.5 Å². The minimum Gasteiger partial charge on any atom is -0.496 e. The summed E-state index contributed by atoms with van der Waals surface area (Å²) in [6.07, 6.45) is 3.35. The number of rotatable bonds is 6. The Hall–Kier alpha value is -2.69. The summed E-state index contributed by atoms with van der Waals surface area (Å²) in [5.41, 5.74) is 1.51. The molecule has 1 amide bonds. The molecule has 1 fully saturated rings. The van der Waals surface area contributed by atoms with E-state index in [1.807, 2.05) is 47.4 Å². The Bertz CT molecular complexity index is 753. The number of hydrogen-bond acceptors (Lipinski definition) is 4. The largest absolute Gasteiger partial charge is 0.496 e. The highest BCUT2D eigenvalue weighted by atomic mass is 16.5. The summed E-state index contributed by atoms with van der Waals surface area (Å²) < 4.78 is 16.7. The molecule has 0 spiro atoms. The number of benzene rings is 2. The maximum Gasteiger partial charge on any atom is 0.253 e. The van der Waals surface area contributed by atoms with Crippen LogP contribution in [-0.4, -0.2) is 38.1 Å². The highest BCUT2D eigenvalue weighted by Crippen LogP contribution is 2.29. The summed E-state index contributed by atoms with van der Waals surface area (Å²) in [7, 11) is 3.23. The number of methoxy groups -OCH3 is 2. The number of ether oxygens (including phenoxy) is 3. The third kappa shape index (κ3) is 4.10. The van der Waals surface area contributed by atoms with Crippen LogP contribution in [0.1, 0.15) is 35.2 Å². The number of para-hydroxylation sites is 2. The summed E-state index contributed by atoms with van der Waals surface area (Å²) in [5.74, 6) is 2.11. The molecular formula is C21H25NO4. The summed E-state index contributed by atoms with van der Waals surface area (Å²) in [6.45, 7) is 1.96. The summed E-state index contributed by atoms with van der Waals surface area (Å²) >= 11 is 0. The molecule has 2 aromatic rings. The van der Waals surface area contributed by atoms with Gasteiger partial charge in [0.1, 0.15) is 12.4 Å². The molecule has 138 valence electrons. The minimum absolute atomic E-state index is 0.0749. The monoisotopic (exact) mass is 355 g/mol. The Balaban J connectivity index is 1.78. The number of piperidine rings is 1. The van der Waals surface area contributed by atoms with Crippen LogP contribution in [0.5, 0.6) is 17.2 Å². The Morgan fingerprint density at radius 3 is 2.31 bits per heavy atom. The first kappa shape index (κ1) is 18.1. The molecule has 0 aliphatic carbocycles. The molecule has 0 N–H and O–H groups in total. The molecular weight excluding hydrogens is 330 g/mol. The van der Waals surface area contributed by atoms with Crippen molar-refractivity contribution in [1.29, 1.82) is 0 Å². The maximum atomic E-state index is 12.8. The van der Waals surface area contributed by atoms with E-state index >= 15 is 0 Å². The average molecular weight is 355 g/mol. The SMILES string of the molecule is COc1ccc(C(=O)N2CCCCC2)cc1COc1ccccc1OC. The van der Waals surface area contributed by atoms with Crippen LogP contribution >= 0.6 is 0 Å². The second-order valence-corrected chi connectivity index (χ2v) is 6.32. The highest BCUT2D eigenvalue weighted by Gasteiger charge is 2.19. The van der Waals surface area contributed by atoms with Crippen molar-refractivity contribution >= 4 is 5.91 Å². The lowest BCUT2D eigenvalue weighted by molar-refractivity contribution is 0.0724. The lowest BCUT2D eigenvalue weighted by Gasteiger charge is -2.27. The van der Waals surface area contributed by atoms with Gasteiger partial charge in [0.05, 0.1) is 14.2 Å². The standard InChI is InChI=1S/C21H25NO4/c1-24-18-11-10-16(21(23)22-12-6-3-7-13-22)14-17(18)15-26-20-9-5-4-8-19(20)25-2/h4-5,8-11,14H,3,6-7,12-13,15H2,1-2H3. The number of carbonyl (C=O) groups excluding carboxylic acids is 1. The topological polar surface area (TPSA) is 48.0 Å². The number of carbonyl (C=O) groups is 1. The van der Waals surface area contributed by atoms with Crippen LogP contribution in [-0.2, 0) is 6.61 Å². The van der Waals surface area contributed by atoms with Crippen molar-refractivity contribution in [2.45, 2.75) is 25.9 Å². The van der Waals surface area contributed by atoms with Crippen LogP contribution < -0.4 is 14.2 Å². The molecule has 3 rings (SSSR count). The maximum absolute atomic E-state index is 12.8. The minimum atomic E-state index is 0.0749. The molecule has 0 atom stereocenters. The van der Waals surface area contributed by atoms with Crippen molar-refractivity contribution < 1.29 is 19.0 Å². The Kier molecular flexibility index (Phi) is 6.00. The summed E-state index contributed by atoms with van der Waals surface area (Å²) in [5, 5.41) is 0. The predicted molar refractivity (Wildman–Crippen MR) is 100 cm³/mol. The smallest absolute Gasteiger partial charge is 0.253 e. The fourth-order valence-electron chi connectivity index (χ4n) is 3.20. The number of amides is 1. The van der Waals surface area contributed by atoms with Gasteiger partial charge in [-0.3, -0.25) is 4.79 Å². The number of hydrogen-bond donors (Lipinski definition) is 0. The van der Waals surface area contributed by atoms with Gasteiger partial charge >= 0.3 is 0 Å². The van der Waals surface area contributed by atoms with E-state index < -0.39 is 0 Å². The first-order valence-electron chi connectivity index (χ1n) is 8.95. The predicted octanol–water partition coefficient (Wildman–Crippen LogP) is 3.91. The second-order valence-electron chi connectivity index (χ2n) is 6.32. The first-order chi connectivity index (χ1) is 12.7. The molecule has 26 heavy (non-hydrogen) atoms. The third-order valence-corrected chi connectivity index (χ3v) is 4.62. The molecule has 0 radical (unpaired) electrons. The van der Waals surface area contributed by atoms with Gasteiger partial charge in [-0.05, 0) is 49.6 Å². The van der Waals surface area contributed by atoms with Gasteiger partial charge in [-0.2, -0.15) is 0 Å². The zero-order chi connectivity index (χ0) is 18.4. The van der Waals surface area contributed by atoms with Gasteiger partial charge in [0.15, 0.2) is 11.5 Å². The molecule has 5 nitrogen and oxygen atoms in total. The van der Waals surface area contributed by atoms with Crippen molar-refractivity contribution in [3.05, 3.63) is 53.6 Å². The molecule has 0 saturated carbocycles. The van der Waals surface area contributed by atoms with Crippen LogP contribution in [0.3, 0.4) is 0 Å². The van der Waals surface area contributed by atoms with E-state index in [1.165, 1.54) is 6.42 Å². The lowest BCUT2D eigenvalue weighted by Crippen LogP contribution is -2.35. The van der Waals surface area contributed by atoms with E-state index in [2.05, 4.69) is 0 Å². The van der Waals surface area contributed by atoms with Gasteiger partial charge in [0.2, 0.25) is 0 Å². The van der Waals surface area contributed by atoms with Gasteiger partial charge < -0.3 is 19.1 Å². The van der Waals surface area contributed by atoms with Crippen LogP contribution in [0.2, 0.25) is 0 Å². The van der Waals surface area contributed by atoms with E-state index in [-0.39, 0.29) is 5.91 Å². The molecule has 1 aliphatic rings. The molecule has 0 aromatic heterocycles. The van der Waals surface area contributed by atoms with Crippen molar-refractivity contribution in [2.24, 2.45) is 0 Å². The van der Waals surface area contributed by atoms with Gasteiger partial charge in [0, 0.05) is 24.2 Å². The quantitative estimate of drug-likeness (QED) is 0.788. The van der Waals surface area contributed by atoms with Crippen molar-refractivity contribution in [1.82, 2.24) is 4.90 Å². The Labute approximate surface area is 154 Å². The molecule has 0 unspecified atom stereocenters. The van der Waals surface area contributed by atoms with Crippen molar-refractivity contribution in [3.8, 4) is 17.2 Å². The molecule has 1 heterocycles. The third-order valence-electron chi connectivity index (χ3n) is 4.62. The van der Waals surface area contributed by atoms with Gasteiger partial charge in [-0.25, -0.2) is 0 Å². The van der Waals surface area contributed by atoms with Gasteiger partial charge in [-0.1, -0.05) is 12.1 Å². The molecule has 2 aromatic carbocycles. The number of likely N-dealkylation sites (tertiary alicyclic amines) is 1. The van der Waals surface area contributed by atoms with Crippen LogP contribution in [0.4, 0.5) is 0 Å². The van der Waals surface area contributed by atoms with Crippen LogP contribution in [0, 0.1) is 0 Å². The fourth-order valence-corrected chi connectivity index (χ4v) is 3.20. The molecule has 1 aliphatic heterocycles. The van der Waals surface area contributed by atoms with Crippen LogP contribution in [0.25, 0.3) is 0 Å². The average Bonchev–Trinajstić information content (AvgIpc) is 2.72. The van der Waals surface area contributed by atoms with E-state index in [4.69, 9.17) is 14.2 Å². The fraction of sp³-hybridized carbons (Fsp3) is 0.381. The zero-order valence-corrected chi connectivity index (χ0v) is 15.4. The van der Waals surface area contributed by atoms with E-state index in [0.717, 1.165) is 31.5 Å². The normalized spacial score (nSPS) is 14.0. The van der Waals surface area contributed by atoms with Gasteiger partial charge in [0.25, 0.3) is 5.91 Å². The zero-order valence-electron chi connectivity index (χ0n) is 15.4. The van der Waals surface area contributed by atoms with Gasteiger partial charge in [-0.15, -0.1) is 0 Å². The molecule has 1 saturated heterocycles. The van der Waals surface area contributed by atoms with E-state index in [0.29, 0.717) is 29.4 Å². The summed E-state index contributed by atoms with van der Waals surface area (Å²) in [6, 6.07) is 13.0. The number of nitrogens with zero attached hydrogens (tertiary/aromatic N) is 1. The molecule has 0 bridgehead atoms.